The summed E-state index contributed by atoms with van der Waals surface area (Å²) < 4.78 is 47.3. The van der Waals surface area contributed by atoms with Crippen molar-refractivity contribution >= 4 is 0 Å². The van der Waals surface area contributed by atoms with Gasteiger partial charge in [-0.15, -0.1) is 0 Å². The van der Waals surface area contributed by atoms with Crippen molar-refractivity contribution in [1.29, 1.82) is 0 Å². The summed E-state index contributed by atoms with van der Waals surface area (Å²) in [6.07, 6.45) is -4.42. The fourth-order valence-electron chi connectivity index (χ4n) is 5.03. The third-order valence-corrected chi connectivity index (χ3v) is 6.17. The maximum Gasteiger partial charge on any atom is 0.416 e. The standard InChI is InChI=1S/C26H15F3O/c27-26(28,29)16-13-14-18-17-7-1-2-8-19(17)25(22(18)15-16)20-9-3-5-11-23(20)30-24-12-6-4-10-21(24)25/h1-15H. The van der Waals surface area contributed by atoms with Crippen LogP contribution in [0.5, 0.6) is 11.5 Å². The van der Waals surface area contributed by atoms with E-state index in [1.54, 1.807) is 6.07 Å². The molecule has 1 nitrogen and oxygen atoms in total. The van der Waals surface area contributed by atoms with Crippen LogP contribution in [0, 0.1) is 0 Å². The smallest absolute Gasteiger partial charge is 0.416 e. The molecule has 4 aromatic rings. The number of rotatable bonds is 0. The van der Waals surface area contributed by atoms with Crippen molar-refractivity contribution in [2.45, 2.75) is 11.6 Å². The normalized spacial score (nSPS) is 15.0. The minimum atomic E-state index is -4.42. The summed E-state index contributed by atoms with van der Waals surface area (Å²) in [6, 6.07) is 27.2. The lowest BCUT2D eigenvalue weighted by Crippen LogP contribution is -2.32. The molecule has 30 heavy (non-hydrogen) atoms. The average Bonchev–Trinajstić information content (AvgIpc) is 3.04. The third kappa shape index (κ3) is 2.08. The minimum Gasteiger partial charge on any atom is -0.457 e. The Balaban J connectivity index is 1.82. The van der Waals surface area contributed by atoms with E-state index in [9.17, 15) is 13.2 Å². The van der Waals surface area contributed by atoms with Crippen LogP contribution in [0.25, 0.3) is 11.1 Å². The van der Waals surface area contributed by atoms with Crippen molar-refractivity contribution in [2.75, 3.05) is 0 Å². The minimum absolute atomic E-state index is 0.640. The van der Waals surface area contributed by atoms with Crippen molar-refractivity contribution in [2.24, 2.45) is 0 Å². The summed E-state index contributed by atoms with van der Waals surface area (Å²) in [5, 5.41) is 0. The first-order valence-corrected chi connectivity index (χ1v) is 9.70. The highest BCUT2D eigenvalue weighted by molar-refractivity contribution is 5.88. The highest BCUT2D eigenvalue weighted by atomic mass is 19.4. The lowest BCUT2D eigenvalue weighted by atomic mass is 9.66. The van der Waals surface area contributed by atoms with Crippen molar-refractivity contribution in [3.8, 4) is 22.6 Å². The van der Waals surface area contributed by atoms with E-state index < -0.39 is 17.2 Å². The average molecular weight is 400 g/mol. The van der Waals surface area contributed by atoms with Crippen LogP contribution in [0.2, 0.25) is 0 Å². The number of hydrogen-bond donors (Lipinski definition) is 0. The second kappa shape index (κ2) is 5.76. The fraction of sp³-hybridized carbons (Fsp3) is 0.0769. The van der Waals surface area contributed by atoms with Gasteiger partial charge in [0.2, 0.25) is 0 Å². The molecule has 0 unspecified atom stereocenters. The van der Waals surface area contributed by atoms with Crippen molar-refractivity contribution in [3.63, 3.8) is 0 Å². The van der Waals surface area contributed by atoms with Crippen molar-refractivity contribution in [1.82, 2.24) is 0 Å². The molecule has 1 spiro atoms. The summed E-state index contributed by atoms with van der Waals surface area (Å²) in [5.74, 6) is 1.33. The summed E-state index contributed by atoms with van der Waals surface area (Å²) in [6.45, 7) is 0. The monoisotopic (exact) mass is 400 g/mol. The SMILES string of the molecule is FC(F)(F)c1ccc2c(c1)C1(c3ccccc3Oc3ccccc31)c1ccccc1-2. The molecule has 0 saturated carbocycles. The Kier molecular flexibility index (Phi) is 3.33. The Morgan fingerprint density at radius 1 is 0.567 bits per heavy atom. The van der Waals surface area contributed by atoms with Crippen molar-refractivity contribution < 1.29 is 17.9 Å². The predicted octanol–water partition coefficient (Wildman–Crippen LogP) is 7.17. The Morgan fingerprint density at radius 2 is 1.10 bits per heavy atom. The number of fused-ring (bicyclic) bond motifs is 9. The van der Waals surface area contributed by atoms with E-state index in [0.29, 0.717) is 17.1 Å². The summed E-state index contributed by atoms with van der Waals surface area (Å²) in [5.41, 5.74) is 3.60. The quantitative estimate of drug-likeness (QED) is 0.263. The van der Waals surface area contributed by atoms with Gasteiger partial charge in [-0.1, -0.05) is 66.7 Å². The van der Waals surface area contributed by atoms with Gasteiger partial charge in [0.05, 0.1) is 11.0 Å². The number of para-hydroxylation sites is 2. The molecule has 1 aliphatic heterocycles. The van der Waals surface area contributed by atoms with Crippen LogP contribution in [0.3, 0.4) is 0 Å². The number of halogens is 3. The molecule has 0 amide bonds. The number of alkyl halides is 3. The molecule has 0 saturated heterocycles. The molecule has 146 valence electrons. The molecule has 4 aromatic carbocycles. The summed E-state index contributed by atoms with van der Waals surface area (Å²) >= 11 is 0. The highest BCUT2D eigenvalue weighted by Crippen LogP contribution is 2.62. The Hall–Kier alpha value is -3.53. The van der Waals surface area contributed by atoms with E-state index in [1.807, 2.05) is 72.8 Å². The molecule has 2 aliphatic rings. The number of ether oxygens (including phenoxy) is 1. The maximum atomic E-state index is 13.7. The molecule has 6 rings (SSSR count). The first-order valence-electron chi connectivity index (χ1n) is 9.70. The summed E-state index contributed by atoms with van der Waals surface area (Å²) in [7, 11) is 0. The molecule has 0 aromatic heterocycles. The highest BCUT2D eigenvalue weighted by Gasteiger charge is 2.51. The molecule has 0 bridgehead atoms. The van der Waals surface area contributed by atoms with Crippen LogP contribution in [0.1, 0.15) is 27.8 Å². The van der Waals surface area contributed by atoms with Crippen molar-refractivity contribution in [3.05, 3.63) is 119 Å². The van der Waals surface area contributed by atoms with Crippen LogP contribution in [0.15, 0.2) is 91.0 Å². The first kappa shape index (κ1) is 17.3. The molecular formula is C26H15F3O. The molecule has 4 heteroatoms. The fourth-order valence-corrected chi connectivity index (χ4v) is 5.03. The second-order valence-corrected chi connectivity index (χ2v) is 7.65. The van der Waals surface area contributed by atoms with E-state index in [0.717, 1.165) is 27.8 Å². The van der Waals surface area contributed by atoms with E-state index in [-0.39, 0.29) is 0 Å². The van der Waals surface area contributed by atoms with Gasteiger partial charge in [-0.25, -0.2) is 0 Å². The van der Waals surface area contributed by atoms with Crippen LogP contribution in [0.4, 0.5) is 13.2 Å². The number of benzene rings is 4. The van der Waals surface area contributed by atoms with Gasteiger partial charge in [-0.05, 0) is 46.5 Å². The van der Waals surface area contributed by atoms with Gasteiger partial charge in [-0.3, -0.25) is 0 Å². The second-order valence-electron chi connectivity index (χ2n) is 7.65. The zero-order valence-corrected chi connectivity index (χ0v) is 15.7. The first-order chi connectivity index (χ1) is 14.5. The van der Waals surface area contributed by atoms with E-state index in [1.165, 1.54) is 12.1 Å². The van der Waals surface area contributed by atoms with Gasteiger partial charge in [0, 0.05) is 11.1 Å². The third-order valence-electron chi connectivity index (χ3n) is 6.17. The molecule has 0 radical (unpaired) electrons. The zero-order valence-electron chi connectivity index (χ0n) is 15.7. The molecule has 1 aliphatic carbocycles. The van der Waals surface area contributed by atoms with E-state index in [2.05, 4.69) is 0 Å². The molecule has 0 atom stereocenters. The zero-order chi connectivity index (χ0) is 20.5. The summed E-state index contributed by atoms with van der Waals surface area (Å²) in [4.78, 5) is 0. The lowest BCUT2D eigenvalue weighted by molar-refractivity contribution is -0.137. The predicted molar refractivity (Wildman–Crippen MR) is 109 cm³/mol. The Bertz CT molecular complexity index is 1270. The van der Waals surface area contributed by atoms with Crippen LogP contribution < -0.4 is 4.74 Å². The van der Waals surface area contributed by atoms with Gasteiger partial charge in [0.15, 0.2) is 0 Å². The van der Waals surface area contributed by atoms with Gasteiger partial charge < -0.3 is 4.74 Å². The molecular weight excluding hydrogens is 385 g/mol. The van der Waals surface area contributed by atoms with Gasteiger partial charge in [0.1, 0.15) is 11.5 Å². The van der Waals surface area contributed by atoms with Gasteiger partial charge >= 0.3 is 6.18 Å². The van der Waals surface area contributed by atoms with Crippen LogP contribution in [-0.2, 0) is 11.6 Å². The van der Waals surface area contributed by atoms with Gasteiger partial charge in [-0.2, -0.15) is 13.2 Å². The largest absolute Gasteiger partial charge is 0.457 e. The maximum absolute atomic E-state index is 13.7. The topological polar surface area (TPSA) is 9.23 Å². The Labute approximate surface area is 171 Å². The molecule has 0 N–H and O–H groups in total. The lowest BCUT2D eigenvalue weighted by Gasteiger charge is -2.39. The van der Waals surface area contributed by atoms with Gasteiger partial charge in [0.25, 0.3) is 0 Å². The number of hydrogen-bond acceptors (Lipinski definition) is 1. The van der Waals surface area contributed by atoms with E-state index in [4.69, 9.17) is 4.74 Å². The Morgan fingerprint density at radius 3 is 1.73 bits per heavy atom. The van der Waals surface area contributed by atoms with E-state index >= 15 is 0 Å². The van der Waals surface area contributed by atoms with Crippen LogP contribution in [-0.4, -0.2) is 0 Å². The van der Waals surface area contributed by atoms with Crippen LogP contribution >= 0.6 is 0 Å². The molecule has 0 fully saturated rings. The molecule has 1 heterocycles.